The lowest BCUT2D eigenvalue weighted by atomic mass is 10.3. The molecule has 100 valence electrons. The zero-order chi connectivity index (χ0) is 13.7. The molecular weight excluding hydrogens is 419 g/mol. The van der Waals surface area contributed by atoms with E-state index < -0.39 is 0 Å². The van der Waals surface area contributed by atoms with Crippen molar-refractivity contribution in [3.05, 3.63) is 38.5 Å². The first-order valence-corrected chi connectivity index (χ1v) is 7.85. The molecule has 0 radical (unpaired) electrons. The SMILES string of the molecule is CCCNc1ncc(Br)c(Nc2ccc(I)cc2)n1. The van der Waals surface area contributed by atoms with Gasteiger partial charge in [0.15, 0.2) is 0 Å². The number of hydrogen-bond donors (Lipinski definition) is 2. The predicted molar refractivity (Wildman–Crippen MR) is 91.0 cm³/mol. The minimum absolute atomic E-state index is 0.637. The van der Waals surface area contributed by atoms with Crippen molar-refractivity contribution in [2.24, 2.45) is 0 Å². The largest absolute Gasteiger partial charge is 0.354 e. The first-order valence-electron chi connectivity index (χ1n) is 5.98. The Morgan fingerprint density at radius 3 is 2.68 bits per heavy atom. The third kappa shape index (κ3) is 4.31. The second-order valence-electron chi connectivity index (χ2n) is 3.95. The Morgan fingerprint density at radius 1 is 1.26 bits per heavy atom. The van der Waals surface area contributed by atoms with E-state index in [4.69, 9.17) is 0 Å². The van der Waals surface area contributed by atoms with Crippen LogP contribution >= 0.6 is 38.5 Å². The van der Waals surface area contributed by atoms with Crippen LogP contribution in [0, 0.1) is 3.57 Å². The van der Waals surface area contributed by atoms with Crippen molar-refractivity contribution in [1.29, 1.82) is 0 Å². The summed E-state index contributed by atoms with van der Waals surface area (Å²) in [4.78, 5) is 8.67. The lowest BCUT2D eigenvalue weighted by Crippen LogP contribution is -2.06. The summed E-state index contributed by atoms with van der Waals surface area (Å²) in [5, 5.41) is 6.45. The summed E-state index contributed by atoms with van der Waals surface area (Å²) in [6, 6.07) is 8.15. The first kappa shape index (κ1) is 14.5. The molecule has 0 aliphatic heterocycles. The number of nitrogens with one attached hydrogen (secondary N) is 2. The molecule has 0 bridgehead atoms. The molecule has 2 rings (SSSR count). The molecular formula is C13H14BrIN4. The summed E-state index contributed by atoms with van der Waals surface area (Å²) in [7, 11) is 0. The Kier molecular flexibility index (Phi) is 5.38. The monoisotopic (exact) mass is 432 g/mol. The highest BCUT2D eigenvalue weighted by molar-refractivity contribution is 14.1. The molecule has 0 atom stereocenters. The van der Waals surface area contributed by atoms with Gasteiger partial charge in [-0.1, -0.05) is 6.92 Å². The van der Waals surface area contributed by atoms with Gasteiger partial charge in [-0.25, -0.2) is 4.98 Å². The normalized spacial score (nSPS) is 10.3. The molecule has 6 heteroatoms. The van der Waals surface area contributed by atoms with Crippen molar-refractivity contribution < 1.29 is 0 Å². The molecule has 2 N–H and O–H groups in total. The van der Waals surface area contributed by atoms with E-state index in [-0.39, 0.29) is 0 Å². The molecule has 4 nitrogen and oxygen atoms in total. The van der Waals surface area contributed by atoms with Crippen molar-refractivity contribution in [3.63, 3.8) is 0 Å². The summed E-state index contributed by atoms with van der Waals surface area (Å²) in [6.45, 7) is 2.97. The van der Waals surface area contributed by atoms with Crippen LogP contribution in [0.5, 0.6) is 0 Å². The summed E-state index contributed by atoms with van der Waals surface area (Å²) in [6.07, 6.45) is 2.79. The Bertz CT molecular complexity index is 545. The number of nitrogens with zero attached hydrogens (tertiary/aromatic N) is 2. The highest BCUT2D eigenvalue weighted by Gasteiger charge is 2.05. The van der Waals surface area contributed by atoms with E-state index in [1.807, 2.05) is 24.3 Å². The van der Waals surface area contributed by atoms with Gasteiger partial charge >= 0.3 is 0 Å². The highest BCUT2D eigenvalue weighted by atomic mass is 127. The van der Waals surface area contributed by atoms with Crippen molar-refractivity contribution in [2.45, 2.75) is 13.3 Å². The fourth-order valence-electron chi connectivity index (χ4n) is 1.45. The van der Waals surface area contributed by atoms with E-state index in [9.17, 15) is 0 Å². The third-order valence-corrected chi connectivity index (χ3v) is 3.68. The lowest BCUT2D eigenvalue weighted by Gasteiger charge is -2.10. The molecule has 0 spiro atoms. The summed E-state index contributed by atoms with van der Waals surface area (Å²) in [5.41, 5.74) is 1.00. The third-order valence-electron chi connectivity index (χ3n) is 2.38. The molecule has 1 aromatic heterocycles. The lowest BCUT2D eigenvalue weighted by molar-refractivity contribution is 0.952. The Labute approximate surface area is 134 Å². The summed E-state index contributed by atoms with van der Waals surface area (Å²) in [5.74, 6) is 1.40. The number of benzene rings is 1. The average Bonchev–Trinajstić information content (AvgIpc) is 2.42. The smallest absolute Gasteiger partial charge is 0.224 e. The van der Waals surface area contributed by atoms with Gasteiger partial charge in [-0.15, -0.1) is 0 Å². The van der Waals surface area contributed by atoms with Gasteiger partial charge in [0.25, 0.3) is 0 Å². The second kappa shape index (κ2) is 7.04. The van der Waals surface area contributed by atoms with Crippen LogP contribution in [0.4, 0.5) is 17.5 Å². The topological polar surface area (TPSA) is 49.8 Å². The van der Waals surface area contributed by atoms with Gasteiger partial charge in [0.05, 0.1) is 4.47 Å². The van der Waals surface area contributed by atoms with Crippen molar-refractivity contribution in [2.75, 3.05) is 17.2 Å². The quantitative estimate of drug-likeness (QED) is 0.687. The summed E-state index contributed by atoms with van der Waals surface area (Å²) < 4.78 is 2.04. The fraction of sp³-hybridized carbons (Fsp3) is 0.231. The Morgan fingerprint density at radius 2 is 2.00 bits per heavy atom. The van der Waals surface area contributed by atoms with Gasteiger partial charge in [-0.05, 0) is 69.2 Å². The van der Waals surface area contributed by atoms with Crippen LogP contribution in [0.15, 0.2) is 34.9 Å². The van der Waals surface area contributed by atoms with Crippen LogP contribution in [-0.4, -0.2) is 16.5 Å². The highest BCUT2D eigenvalue weighted by Crippen LogP contribution is 2.24. The van der Waals surface area contributed by atoms with Crippen LogP contribution in [-0.2, 0) is 0 Å². The second-order valence-corrected chi connectivity index (χ2v) is 6.05. The van der Waals surface area contributed by atoms with Crippen LogP contribution in [0.3, 0.4) is 0 Å². The molecule has 0 aliphatic carbocycles. The maximum Gasteiger partial charge on any atom is 0.224 e. The number of hydrogen-bond acceptors (Lipinski definition) is 4. The van der Waals surface area contributed by atoms with Crippen LogP contribution in [0.1, 0.15) is 13.3 Å². The van der Waals surface area contributed by atoms with Crippen LogP contribution in [0.25, 0.3) is 0 Å². The molecule has 1 aromatic carbocycles. The molecule has 2 aromatic rings. The van der Waals surface area contributed by atoms with E-state index in [0.29, 0.717) is 5.95 Å². The zero-order valence-electron chi connectivity index (χ0n) is 10.5. The van der Waals surface area contributed by atoms with Gasteiger partial charge in [0, 0.05) is 22.0 Å². The molecule has 1 heterocycles. The minimum Gasteiger partial charge on any atom is -0.354 e. The average molecular weight is 433 g/mol. The number of halogens is 2. The standard InChI is InChI=1S/C13H14BrIN4/c1-2-7-16-13-17-8-11(14)12(19-13)18-10-5-3-9(15)4-6-10/h3-6,8H,2,7H2,1H3,(H2,16,17,18,19). The van der Waals surface area contributed by atoms with Gasteiger partial charge in [0.2, 0.25) is 5.95 Å². The van der Waals surface area contributed by atoms with Gasteiger partial charge in [-0.3, -0.25) is 0 Å². The molecule has 0 amide bonds. The van der Waals surface area contributed by atoms with E-state index >= 15 is 0 Å². The number of rotatable bonds is 5. The maximum atomic E-state index is 4.45. The molecule has 0 saturated carbocycles. The van der Waals surface area contributed by atoms with Crippen molar-refractivity contribution >= 4 is 56.0 Å². The van der Waals surface area contributed by atoms with E-state index in [1.165, 1.54) is 3.57 Å². The Balaban J connectivity index is 2.16. The minimum atomic E-state index is 0.637. The van der Waals surface area contributed by atoms with Gasteiger partial charge in [0.1, 0.15) is 5.82 Å². The van der Waals surface area contributed by atoms with E-state index in [0.717, 1.165) is 28.9 Å². The van der Waals surface area contributed by atoms with Gasteiger partial charge < -0.3 is 10.6 Å². The van der Waals surface area contributed by atoms with Gasteiger partial charge in [-0.2, -0.15) is 4.98 Å². The first-order chi connectivity index (χ1) is 9.19. The Hall–Kier alpha value is -0.890. The number of aromatic nitrogens is 2. The zero-order valence-corrected chi connectivity index (χ0v) is 14.2. The molecule has 0 fully saturated rings. The van der Waals surface area contributed by atoms with Crippen molar-refractivity contribution in [1.82, 2.24) is 9.97 Å². The van der Waals surface area contributed by atoms with Crippen LogP contribution < -0.4 is 10.6 Å². The van der Waals surface area contributed by atoms with E-state index in [2.05, 4.69) is 66.0 Å². The van der Waals surface area contributed by atoms with Crippen molar-refractivity contribution in [3.8, 4) is 0 Å². The number of anilines is 3. The predicted octanol–water partition coefficient (Wildman–Crippen LogP) is 4.41. The molecule has 0 unspecified atom stereocenters. The molecule has 19 heavy (non-hydrogen) atoms. The van der Waals surface area contributed by atoms with Crippen LogP contribution in [0.2, 0.25) is 0 Å². The maximum absolute atomic E-state index is 4.45. The molecule has 0 aliphatic rings. The summed E-state index contributed by atoms with van der Waals surface area (Å²) >= 11 is 5.74. The molecule has 0 saturated heterocycles. The van der Waals surface area contributed by atoms with E-state index in [1.54, 1.807) is 6.20 Å². The fourth-order valence-corrected chi connectivity index (χ4v) is 2.10.